The Bertz CT molecular complexity index is 128. The molecule has 0 radical (unpaired) electrons. The SMILES string of the molecule is C=C(CC)ON1CCCCC1. The van der Waals surface area contributed by atoms with Gasteiger partial charge < -0.3 is 4.84 Å². The van der Waals surface area contributed by atoms with E-state index in [0.29, 0.717) is 0 Å². The normalized spacial score (nSPS) is 19.7. The summed E-state index contributed by atoms with van der Waals surface area (Å²) in [6.45, 7) is 8.00. The first-order valence-corrected chi connectivity index (χ1v) is 4.43. The fourth-order valence-electron chi connectivity index (χ4n) is 1.20. The van der Waals surface area contributed by atoms with Gasteiger partial charge in [-0.2, -0.15) is 0 Å². The summed E-state index contributed by atoms with van der Waals surface area (Å²) >= 11 is 0. The quantitative estimate of drug-likeness (QED) is 0.580. The smallest absolute Gasteiger partial charge is 0.117 e. The van der Waals surface area contributed by atoms with E-state index in [2.05, 4.69) is 13.5 Å². The van der Waals surface area contributed by atoms with Gasteiger partial charge >= 0.3 is 0 Å². The van der Waals surface area contributed by atoms with Gasteiger partial charge in [-0.1, -0.05) is 19.9 Å². The Kier molecular flexibility index (Phi) is 3.43. The third-order valence-corrected chi connectivity index (χ3v) is 1.97. The van der Waals surface area contributed by atoms with Crippen molar-refractivity contribution in [1.29, 1.82) is 0 Å². The van der Waals surface area contributed by atoms with Gasteiger partial charge in [0.25, 0.3) is 0 Å². The number of allylic oxidation sites excluding steroid dienone is 1. The van der Waals surface area contributed by atoms with E-state index < -0.39 is 0 Å². The van der Waals surface area contributed by atoms with Crippen molar-refractivity contribution in [2.75, 3.05) is 13.1 Å². The van der Waals surface area contributed by atoms with Gasteiger partial charge in [0.1, 0.15) is 5.76 Å². The Morgan fingerprint density at radius 2 is 2.00 bits per heavy atom. The maximum Gasteiger partial charge on any atom is 0.117 e. The molecule has 64 valence electrons. The number of rotatable bonds is 3. The molecule has 0 atom stereocenters. The Labute approximate surface area is 68.8 Å². The number of hydrogen-bond acceptors (Lipinski definition) is 2. The lowest BCUT2D eigenvalue weighted by molar-refractivity contribution is -0.132. The molecule has 1 fully saturated rings. The van der Waals surface area contributed by atoms with Gasteiger partial charge in [0.15, 0.2) is 0 Å². The Morgan fingerprint density at radius 1 is 1.36 bits per heavy atom. The summed E-state index contributed by atoms with van der Waals surface area (Å²) in [5.41, 5.74) is 0. The monoisotopic (exact) mass is 155 g/mol. The van der Waals surface area contributed by atoms with Crippen LogP contribution in [0.5, 0.6) is 0 Å². The lowest BCUT2D eigenvalue weighted by Gasteiger charge is -2.26. The van der Waals surface area contributed by atoms with E-state index in [-0.39, 0.29) is 0 Å². The molecule has 0 saturated carbocycles. The molecule has 1 heterocycles. The standard InChI is InChI=1S/C9H17NO/c1-3-9(2)11-10-7-5-4-6-8-10/h2-8H2,1H3. The summed E-state index contributed by atoms with van der Waals surface area (Å²) in [7, 11) is 0. The highest BCUT2D eigenvalue weighted by atomic mass is 16.7. The van der Waals surface area contributed by atoms with Crippen LogP contribution in [0.2, 0.25) is 0 Å². The third-order valence-electron chi connectivity index (χ3n) is 1.97. The summed E-state index contributed by atoms with van der Waals surface area (Å²) in [6, 6.07) is 0. The van der Waals surface area contributed by atoms with Crippen LogP contribution in [0.4, 0.5) is 0 Å². The van der Waals surface area contributed by atoms with Gasteiger partial charge in [-0.3, -0.25) is 0 Å². The Hall–Kier alpha value is -0.500. The van der Waals surface area contributed by atoms with Gasteiger partial charge in [0, 0.05) is 19.5 Å². The summed E-state index contributed by atoms with van der Waals surface area (Å²) in [4.78, 5) is 5.48. The molecule has 1 saturated heterocycles. The molecule has 0 N–H and O–H groups in total. The molecule has 0 amide bonds. The molecule has 0 spiro atoms. The highest BCUT2D eigenvalue weighted by Crippen LogP contribution is 2.12. The number of hydrogen-bond donors (Lipinski definition) is 0. The first-order chi connectivity index (χ1) is 5.33. The van der Waals surface area contributed by atoms with Crippen LogP contribution in [-0.2, 0) is 4.84 Å². The van der Waals surface area contributed by atoms with E-state index in [9.17, 15) is 0 Å². The molecular formula is C9H17NO. The number of nitrogens with zero attached hydrogens (tertiary/aromatic N) is 1. The number of piperidine rings is 1. The van der Waals surface area contributed by atoms with Crippen molar-refractivity contribution in [3.05, 3.63) is 12.3 Å². The van der Waals surface area contributed by atoms with Crippen molar-refractivity contribution in [2.24, 2.45) is 0 Å². The minimum absolute atomic E-state index is 0.881. The van der Waals surface area contributed by atoms with Crippen LogP contribution in [0.3, 0.4) is 0 Å². The molecule has 1 aliphatic heterocycles. The topological polar surface area (TPSA) is 12.5 Å². The van der Waals surface area contributed by atoms with Gasteiger partial charge in [-0.05, 0) is 12.8 Å². The summed E-state index contributed by atoms with van der Waals surface area (Å²) in [6.07, 6.45) is 4.78. The minimum atomic E-state index is 0.881. The average molecular weight is 155 g/mol. The van der Waals surface area contributed by atoms with E-state index in [1.165, 1.54) is 19.3 Å². The van der Waals surface area contributed by atoms with Crippen LogP contribution in [-0.4, -0.2) is 18.2 Å². The van der Waals surface area contributed by atoms with E-state index in [0.717, 1.165) is 25.3 Å². The van der Waals surface area contributed by atoms with E-state index >= 15 is 0 Å². The molecule has 11 heavy (non-hydrogen) atoms. The maximum absolute atomic E-state index is 5.48. The zero-order chi connectivity index (χ0) is 8.10. The third kappa shape index (κ3) is 2.93. The predicted molar refractivity (Wildman–Crippen MR) is 45.9 cm³/mol. The van der Waals surface area contributed by atoms with E-state index in [1.807, 2.05) is 5.06 Å². The van der Waals surface area contributed by atoms with Gasteiger partial charge in [0.2, 0.25) is 0 Å². The zero-order valence-corrected chi connectivity index (χ0v) is 7.31. The van der Waals surface area contributed by atoms with Crippen molar-refractivity contribution in [1.82, 2.24) is 5.06 Å². The van der Waals surface area contributed by atoms with Crippen LogP contribution in [0.1, 0.15) is 32.6 Å². The molecule has 0 aliphatic carbocycles. The van der Waals surface area contributed by atoms with Crippen molar-refractivity contribution in [3.8, 4) is 0 Å². The molecule has 2 nitrogen and oxygen atoms in total. The molecule has 1 aliphatic rings. The van der Waals surface area contributed by atoms with Gasteiger partial charge in [-0.15, -0.1) is 5.06 Å². The van der Waals surface area contributed by atoms with E-state index in [4.69, 9.17) is 4.84 Å². The summed E-state index contributed by atoms with van der Waals surface area (Å²) in [5.74, 6) is 0.881. The molecule has 0 aromatic carbocycles. The van der Waals surface area contributed by atoms with Gasteiger partial charge in [-0.25, -0.2) is 0 Å². The Balaban J connectivity index is 2.19. The Morgan fingerprint density at radius 3 is 2.55 bits per heavy atom. The van der Waals surface area contributed by atoms with Crippen molar-refractivity contribution in [3.63, 3.8) is 0 Å². The maximum atomic E-state index is 5.48. The van der Waals surface area contributed by atoms with Gasteiger partial charge in [0.05, 0.1) is 0 Å². The summed E-state index contributed by atoms with van der Waals surface area (Å²) < 4.78 is 0. The van der Waals surface area contributed by atoms with Crippen LogP contribution in [0, 0.1) is 0 Å². The van der Waals surface area contributed by atoms with Crippen LogP contribution >= 0.6 is 0 Å². The minimum Gasteiger partial charge on any atom is -0.411 e. The molecule has 0 unspecified atom stereocenters. The fourth-order valence-corrected chi connectivity index (χ4v) is 1.20. The zero-order valence-electron chi connectivity index (χ0n) is 7.31. The van der Waals surface area contributed by atoms with Crippen LogP contribution in [0.25, 0.3) is 0 Å². The molecule has 0 aromatic heterocycles. The first-order valence-electron chi connectivity index (χ1n) is 4.43. The van der Waals surface area contributed by atoms with Crippen molar-refractivity contribution in [2.45, 2.75) is 32.6 Å². The lowest BCUT2D eigenvalue weighted by Crippen LogP contribution is -2.29. The van der Waals surface area contributed by atoms with Crippen LogP contribution in [0.15, 0.2) is 12.3 Å². The second-order valence-electron chi connectivity index (χ2n) is 2.97. The van der Waals surface area contributed by atoms with Crippen molar-refractivity contribution < 1.29 is 4.84 Å². The average Bonchev–Trinajstić information content (AvgIpc) is 2.06. The second kappa shape index (κ2) is 4.39. The molecule has 1 rings (SSSR count). The fraction of sp³-hybridized carbons (Fsp3) is 0.778. The first kappa shape index (κ1) is 8.60. The highest BCUT2D eigenvalue weighted by Gasteiger charge is 2.10. The summed E-state index contributed by atoms with van der Waals surface area (Å²) in [5, 5.41) is 2.02. The molecule has 2 heteroatoms. The second-order valence-corrected chi connectivity index (χ2v) is 2.97. The highest BCUT2D eigenvalue weighted by molar-refractivity contribution is 4.79. The number of hydroxylamine groups is 2. The van der Waals surface area contributed by atoms with Crippen molar-refractivity contribution >= 4 is 0 Å². The molecule has 0 bridgehead atoms. The lowest BCUT2D eigenvalue weighted by atomic mass is 10.2. The van der Waals surface area contributed by atoms with E-state index in [1.54, 1.807) is 0 Å². The predicted octanol–water partition coefficient (Wildman–Crippen LogP) is 2.33. The molecular weight excluding hydrogens is 138 g/mol. The molecule has 0 aromatic rings. The van der Waals surface area contributed by atoms with Crippen LogP contribution < -0.4 is 0 Å². The largest absolute Gasteiger partial charge is 0.411 e.